The van der Waals surface area contributed by atoms with Gasteiger partial charge in [-0.3, -0.25) is 4.79 Å². The summed E-state index contributed by atoms with van der Waals surface area (Å²) in [5.41, 5.74) is 8.07. The molecule has 0 unspecified atom stereocenters. The zero-order valence-electron chi connectivity index (χ0n) is 16.1. The van der Waals surface area contributed by atoms with Gasteiger partial charge in [0.1, 0.15) is 5.49 Å². The number of hydrogen-bond acceptors (Lipinski definition) is 4. The van der Waals surface area contributed by atoms with Gasteiger partial charge in [-0.15, -0.1) is 11.3 Å². The van der Waals surface area contributed by atoms with Gasteiger partial charge in [0.2, 0.25) is 0 Å². The van der Waals surface area contributed by atoms with E-state index in [2.05, 4.69) is 15.3 Å². The van der Waals surface area contributed by atoms with E-state index in [1.807, 2.05) is 41.1 Å². The van der Waals surface area contributed by atoms with Crippen LogP contribution in [0.2, 0.25) is 4.34 Å². The van der Waals surface area contributed by atoms with Crippen LogP contribution in [0.25, 0.3) is 11.4 Å². The van der Waals surface area contributed by atoms with E-state index in [4.69, 9.17) is 17.3 Å². The van der Waals surface area contributed by atoms with Crippen molar-refractivity contribution < 1.29 is 9.59 Å². The second kappa shape index (κ2) is 8.99. The van der Waals surface area contributed by atoms with E-state index in [1.54, 1.807) is 41.4 Å². The number of carbonyl (C=O) groups excluding carboxylic acids is 2. The van der Waals surface area contributed by atoms with Crippen LogP contribution in [0.3, 0.4) is 0 Å². The summed E-state index contributed by atoms with van der Waals surface area (Å²) in [4.78, 5) is 32.0. The van der Waals surface area contributed by atoms with Gasteiger partial charge in [0.05, 0.1) is 27.8 Å². The van der Waals surface area contributed by atoms with Gasteiger partial charge in [-0.05, 0) is 48.5 Å². The first-order valence-electron chi connectivity index (χ1n) is 9.19. The Hall–Kier alpha value is -3.69. The third-order valence-electron chi connectivity index (χ3n) is 4.35. The highest BCUT2D eigenvalue weighted by molar-refractivity contribution is 7.17. The van der Waals surface area contributed by atoms with Crippen molar-refractivity contribution in [2.24, 2.45) is 10.7 Å². The van der Waals surface area contributed by atoms with Gasteiger partial charge in [-0.1, -0.05) is 17.7 Å². The molecule has 0 atom stereocenters. The minimum Gasteiger partial charge on any atom is -0.350 e. The summed E-state index contributed by atoms with van der Waals surface area (Å²) in [6, 6.07) is 15.6. The van der Waals surface area contributed by atoms with E-state index in [0.29, 0.717) is 21.2 Å². The number of carbonyl (C=O) groups is 2. The summed E-state index contributed by atoms with van der Waals surface area (Å²) >= 11 is 7.10. The van der Waals surface area contributed by atoms with Gasteiger partial charge in [-0.2, -0.15) is 4.99 Å². The number of urea groups is 1. The number of pyridine rings is 1. The summed E-state index contributed by atoms with van der Waals surface area (Å²) < 4.78 is 4.19. The second-order valence-corrected chi connectivity index (χ2v) is 8.17. The van der Waals surface area contributed by atoms with Crippen molar-refractivity contribution in [3.63, 3.8) is 0 Å². The average Bonchev–Trinajstić information content (AvgIpc) is 3.41. The minimum absolute atomic E-state index is 0.187. The fourth-order valence-corrected chi connectivity index (χ4v) is 3.89. The first-order chi connectivity index (χ1) is 15.0. The molecule has 31 heavy (non-hydrogen) atoms. The van der Waals surface area contributed by atoms with E-state index >= 15 is 0 Å². The number of nitrogens with one attached hydrogen (secondary N) is 1. The topological polar surface area (TPSA) is 107 Å². The number of nitrogens with two attached hydrogens (primary N) is 1. The molecule has 3 heterocycles. The Morgan fingerprint density at radius 1 is 1.10 bits per heavy atom. The molecule has 156 valence electrons. The van der Waals surface area contributed by atoms with Crippen LogP contribution in [-0.4, -0.2) is 26.1 Å². The molecule has 0 aliphatic rings. The fourth-order valence-electron chi connectivity index (χ4n) is 2.93. The van der Waals surface area contributed by atoms with Gasteiger partial charge in [-0.25, -0.2) is 9.78 Å². The van der Waals surface area contributed by atoms with Gasteiger partial charge >= 0.3 is 6.03 Å². The van der Waals surface area contributed by atoms with E-state index in [0.717, 1.165) is 17.1 Å². The monoisotopic (exact) mass is 452 g/mol. The smallest absolute Gasteiger partial charge is 0.340 e. The lowest BCUT2D eigenvalue weighted by molar-refractivity contribution is 0.0954. The van der Waals surface area contributed by atoms with Crippen molar-refractivity contribution in [1.29, 1.82) is 0 Å². The molecule has 0 aliphatic heterocycles. The number of primary amides is 1. The molecular weight excluding hydrogens is 436 g/mol. The third kappa shape index (κ3) is 4.90. The predicted molar refractivity (Wildman–Crippen MR) is 119 cm³/mol. The number of thiophene rings is 1. The predicted octanol–water partition coefficient (Wildman–Crippen LogP) is 3.29. The van der Waals surface area contributed by atoms with Gasteiger partial charge in [0, 0.05) is 23.8 Å². The molecule has 0 fully saturated rings. The molecule has 8 nitrogen and oxygen atoms in total. The number of imidazole rings is 1. The van der Waals surface area contributed by atoms with Crippen molar-refractivity contribution in [2.75, 3.05) is 0 Å². The van der Waals surface area contributed by atoms with Crippen LogP contribution in [-0.2, 0) is 6.54 Å². The van der Waals surface area contributed by atoms with Crippen molar-refractivity contribution >= 4 is 34.9 Å². The Kier molecular flexibility index (Phi) is 5.96. The number of rotatable bonds is 5. The largest absolute Gasteiger partial charge is 0.350 e. The maximum Gasteiger partial charge on any atom is 0.340 e. The van der Waals surface area contributed by atoms with Crippen LogP contribution < -0.4 is 16.5 Å². The average molecular weight is 453 g/mol. The third-order valence-corrected chi connectivity index (χ3v) is 5.58. The lowest BCUT2D eigenvalue weighted by Crippen LogP contribution is -2.22. The molecule has 0 saturated carbocycles. The maximum atomic E-state index is 12.1. The first-order valence-corrected chi connectivity index (χ1v) is 10.4. The van der Waals surface area contributed by atoms with Crippen LogP contribution >= 0.6 is 22.9 Å². The number of aromatic nitrogens is 3. The van der Waals surface area contributed by atoms with Crippen molar-refractivity contribution in [3.8, 4) is 11.4 Å². The minimum atomic E-state index is -0.753. The molecule has 1 aromatic carbocycles. The van der Waals surface area contributed by atoms with Crippen molar-refractivity contribution in [2.45, 2.75) is 6.54 Å². The highest BCUT2D eigenvalue weighted by Gasteiger charge is 2.09. The first kappa shape index (κ1) is 20.6. The number of nitrogens with zero attached hydrogens (tertiary/aromatic N) is 4. The standard InChI is InChI=1S/C21H17ClN6O2S/c22-18-9-8-17(31-18)20(29)24-11-14-12-27(13-25-14)15-4-6-16(7-5-15)28-10-2-1-3-19(28)26-21(23)30/h1-10,12-13H,11H2,(H2,23,30)(H,24,29). The van der Waals surface area contributed by atoms with E-state index in [9.17, 15) is 9.59 Å². The van der Waals surface area contributed by atoms with Gasteiger partial charge in [0.15, 0.2) is 0 Å². The van der Waals surface area contributed by atoms with Crippen molar-refractivity contribution in [1.82, 2.24) is 19.4 Å². The summed E-state index contributed by atoms with van der Waals surface area (Å²) in [6.45, 7) is 0.303. The Bertz CT molecular complexity index is 1310. The highest BCUT2D eigenvalue weighted by atomic mass is 35.5. The SMILES string of the molecule is NC(=O)N=c1ccccn1-c1ccc(-n2cnc(CNC(=O)c3ccc(Cl)s3)c2)cc1. The molecule has 0 spiro atoms. The Labute approximate surface area is 186 Å². The maximum absolute atomic E-state index is 12.1. The Balaban J connectivity index is 1.48. The number of amides is 3. The van der Waals surface area contributed by atoms with Crippen LogP contribution in [0.1, 0.15) is 15.4 Å². The molecule has 10 heteroatoms. The summed E-state index contributed by atoms with van der Waals surface area (Å²) in [5, 5.41) is 2.83. The van der Waals surface area contributed by atoms with Crippen LogP contribution in [0.5, 0.6) is 0 Å². The second-order valence-electron chi connectivity index (χ2n) is 6.45. The van der Waals surface area contributed by atoms with Gasteiger partial charge < -0.3 is 20.2 Å². The van der Waals surface area contributed by atoms with Crippen LogP contribution in [0, 0.1) is 0 Å². The summed E-state index contributed by atoms with van der Waals surface area (Å²) in [7, 11) is 0. The zero-order chi connectivity index (χ0) is 21.8. The summed E-state index contributed by atoms with van der Waals surface area (Å²) in [6.07, 6.45) is 5.33. The molecule has 0 bridgehead atoms. The fraction of sp³-hybridized carbons (Fsp3) is 0.0476. The molecule has 0 saturated heterocycles. The number of hydrogen-bond donors (Lipinski definition) is 2. The molecule has 3 aromatic heterocycles. The highest BCUT2D eigenvalue weighted by Crippen LogP contribution is 2.21. The normalized spacial score (nSPS) is 11.5. The van der Waals surface area contributed by atoms with Crippen LogP contribution in [0.15, 0.2) is 78.3 Å². The molecule has 3 amide bonds. The molecule has 0 radical (unpaired) electrons. The van der Waals surface area contributed by atoms with E-state index in [1.165, 1.54) is 11.3 Å². The zero-order valence-corrected chi connectivity index (χ0v) is 17.7. The summed E-state index contributed by atoms with van der Waals surface area (Å²) in [5.74, 6) is -0.187. The quantitative estimate of drug-likeness (QED) is 0.485. The van der Waals surface area contributed by atoms with E-state index < -0.39 is 6.03 Å². The Morgan fingerprint density at radius 3 is 2.58 bits per heavy atom. The van der Waals surface area contributed by atoms with Gasteiger partial charge in [0.25, 0.3) is 5.91 Å². The molecule has 4 rings (SSSR count). The van der Waals surface area contributed by atoms with Crippen molar-refractivity contribution in [3.05, 3.63) is 93.7 Å². The number of halogens is 1. The molecule has 3 N–H and O–H groups in total. The lowest BCUT2D eigenvalue weighted by atomic mass is 10.2. The van der Waals surface area contributed by atoms with Crippen LogP contribution in [0.4, 0.5) is 4.79 Å². The lowest BCUT2D eigenvalue weighted by Gasteiger charge is -2.08. The van der Waals surface area contributed by atoms with E-state index in [-0.39, 0.29) is 5.91 Å². The Morgan fingerprint density at radius 2 is 1.87 bits per heavy atom. The molecule has 0 aliphatic carbocycles. The molecular formula is C21H17ClN6O2S. The number of benzene rings is 1. The molecule has 4 aromatic rings.